The van der Waals surface area contributed by atoms with E-state index in [4.69, 9.17) is 9.15 Å². The number of ether oxygens (including phenoxy) is 1. The lowest BCUT2D eigenvalue weighted by Crippen LogP contribution is -2.11. The van der Waals surface area contributed by atoms with Crippen molar-refractivity contribution in [1.29, 1.82) is 0 Å². The minimum Gasteiger partial charge on any atom is -0.486 e. The lowest BCUT2D eigenvalue weighted by molar-refractivity contribution is 0.102. The van der Waals surface area contributed by atoms with Crippen molar-refractivity contribution in [1.82, 2.24) is 15.2 Å². The van der Waals surface area contributed by atoms with Crippen LogP contribution in [0.1, 0.15) is 22.3 Å². The average Bonchev–Trinajstić information content (AvgIpc) is 3.49. The van der Waals surface area contributed by atoms with Gasteiger partial charge in [0.2, 0.25) is 5.13 Å². The Morgan fingerprint density at radius 1 is 1.24 bits per heavy atom. The summed E-state index contributed by atoms with van der Waals surface area (Å²) in [5, 5.41) is 14.0. The van der Waals surface area contributed by atoms with Crippen LogP contribution in [-0.4, -0.2) is 26.8 Å². The highest BCUT2D eigenvalue weighted by Crippen LogP contribution is 2.26. The van der Waals surface area contributed by atoms with Crippen LogP contribution in [0.2, 0.25) is 0 Å². The Morgan fingerprint density at radius 3 is 2.86 bits per heavy atom. The van der Waals surface area contributed by atoms with Crippen LogP contribution in [0.3, 0.4) is 0 Å². The Balaban J connectivity index is 1.32. The molecule has 0 aliphatic rings. The molecule has 0 radical (unpaired) electrons. The van der Waals surface area contributed by atoms with Gasteiger partial charge in [-0.3, -0.25) is 10.1 Å². The number of amides is 1. The first kappa shape index (κ1) is 19.6. The number of nitrogens with one attached hydrogen (secondary N) is 1. The molecule has 0 saturated carbocycles. The van der Waals surface area contributed by atoms with Crippen molar-refractivity contribution in [3.8, 4) is 17.2 Å². The number of thiazole rings is 1. The second-order valence-corrected chi connectivity index (χ2v) is 9.11. The molecule has 0 unspecified atom stereocenters. The number of furan rings is 1. The summed E-state index contributed by atoms with van der Waals surface area (Å²) >= 11 is 4.46. The molecule has 1 N–H and O–H groups in total. The van der Waals surface area contributed by atoms with Gasteiger partial charge in [0.25, 0.3) is 5.91 Å². The summed E-state index contributed by atoms with van der Waals surface area (Å²) in [4.78, 5) is 16.8. The molecule has 7 nitrogen and oxygen atoms in total. The molecule has 29 heavy (non-hydrogen) atoms. The highest BCUT2D eigenvalue weighted by atomic mass is 32.2. The molecule has 0 fully saturated rings. The summed E-state index contributed by atoms with van der Waals surface area (Å²) < 4.78 is 11.9. The minimum atomic E-state index is -0.233. The predicted octanol–water partition coefficient (Wildman–Crippen LogP) is 5.20. The number of nitrogens with zero attached hydrogens (tertiary/aromatic N) is 3. The van der Waals surface area contributed by atoms with E-state index in [-0.39, 0.29) is 5.91 Å². The topological polar surface area (TPSA) is 90.1 Å². The van der Waals surface area contributed by atoms with E-state index >= 15 is 0 Å². The summed E-state index contributed by atoms with van der Waals surface area (Å²) in [5.74, 6) is 2.08. The second-order valence-electron chi connectivity index (χ2n) is 5.68. The number of anilines is 1. The molecule has 4 aromatic rings. The number of thioether (sulfide) groups is 1. The molecule has 3 heterocycles. The number of carbonyl (C=O) groups excluding carboxylic acids is 1. The van der Waals surface area contributed by atoms with Gasteiger partial charge in [0.15, 0.2) is 10.1 Å². The highest BCUT2D eigenvalue weighted by molar-refractivity contribution is 8.01. The van der Waals surface area contributed by atoms with Gasteiger partial charge in [-0.1, -0.05) is 30.0 Å². The van der Waals surface area contributed by atoms with Gasteiger partial charge in [-0.25, -0.2) is 4.98 Å². The van der Waals surface area contributed by atoms with Gasteiger partial charge in [0.05, 0.1) is 6.26 Å². The monoisotopic (exact) mass is 444 g/mol. The molecular formula is C19H16N4O3S3. The Kier molecular flexibility index (Phi) is 6.23. The predicted molar refractivity (Wildman–Crippen MR) is 115 cm³/mol. The number of carbonyl (C=O) groups is 1. The standard InChI is InChI=1S/C19H16N4O3S3/c1-2-27-19-23-22-18(29-19)21-17(24)12-5-7-13(8-6-12)26-10-16-20-14(11-28-16)15-4-3-9-25-15/h3-9,11H,2,10H2,1H3,(H,21,22,24). The summed E-state index contributed by atoms with van der Waals surface area (Å²) in [6.07, 6.45) is 1.62. The molecule has 148 valence electrons. The van der Waals surface area contributed by atoms with Crippen LogP contribution >= 0.6 is 34.4 Å². The summed E-state index contributed by atoms with van der Waals surface area (Å²) in [6, 6.07) is 10.6. The zero-order valence-electron chi connectivity index (χ0n) is 15.3. The first-order valence-electron chi connectivity index (χ1n) is 8.70. The molecule has 0 saturated heterocycles. The molecule has 1 amide bonds. The maximum Gasteiger partial charge on any atom is 0.257 e. The molecule has 3 aromatic heterocycles. The van der Waals surface area contributed by atoms with E-state index in [9.17, 15) is 4.79 Å². The van der Waals surface area contributed by atoms with Crippen molar-refractivity contribution in [3.63, 3.8) is 0 Å². The lowest BCUT2D eigenvalue weighted by Gasteiger charge is -2.05. The quantitative estimate of drug-likeness (QED) is 0.295. The third-order valence-electron chi connectivity index (χ3n) is 3.70. The summed E-state index contributed by atoms with van der Waals surface area (Å²) in [5.41, 5.74) is 1.31. The van der Waals surface area contributed by atoms with Gasteiger partial charge in [-0.2, -0.15) is 0 Å². The number of rotatable bonds is 8. The lowest BCUT2D eigenvalue weighted by atomic mass is 10.2. The van der Waals surface area contributed by atoms with Crippen molar-refractivity contribution in [2.75, 3.05) is 11.1 Å². The molecular weight excluding hydrogens is 428 g/mol. The van der Waals surface area contributed by atoms with Crippen LogP contribution in [0.15, 0.2) is 56.8 Å². The van der Waals surface area contributed by atoms with Crippen molar-refractivity contribution < 1.29 is 13.9 Å². The number of hydrogen-bond acceptors (Lipinski definition) is 9. The van der Waals surface area contributed by atoms with Gasteiger partial charge in [-0.05, 0) is 42.2 Å². The van der Waals surface area contributed by atoms with E-state index < -0.39 is 0 Å². The fraction of sp³-hybridized carbons (Fsp3) is 0.158. The van der Waals surface area contributed by atoms with Crippen molar-refractivity contribution in [3.05, 3.63) is 58.6 Å². The van der Waals surface area contributed by atoms with Crippen LogP contribution in [-0.2, 0) is 6.61 Å². The first-order chi connectivity index (χ1) is 14.2. The molecule has 0 aliphatic carbocycles. The maximum absolute atomic E-state index is 12.4. The molecule has 0 atom stereocenters. The first-order valence-corrected chi connectivity index (χ1v) is 11.4. The Labute approximate surface area is 179 Å². The van der Waals surface area contributed by atoms with E-state index in [2.05, 4.69) is 20.5 Å². The summed E-state index contributed by atoms with van der Waals surface area (Å²) in [6.45, 7) is 2.39. The van der Waals surface area contributed by atoms with Crippen molar-refractivity contribution in [2.45, 2.75) is 17.9 Å². The van der Waals surface area contributed by atoms with Gasteiger partial charge in [0, 0.05) is 10.9 Å². The van der Waals surface area contributed by atoms with Crippen LogP contribution in [0.25, 0.3) is 11.5 Å². The van der Waals surface area contributed by atoms with Gasteiger partial charge in [0.1, 0.15) is 23.1 Å². The molecule has 0 spiro atoms. The number of hydrogen-bond donors (Lipinski definition) is 1. The van der Waals surface area contributed by atoms with E-state index in [1.54, 1.807) is 42.3 Å². The maximum atomic E-state index is 12.4. The van der Waals surface area contributed by atoms with E-state index in [0.717, 1.165) is 26.6 Å². The number of benzene rings is 1. The second kappa shape index (κ2) is 9.21. The minimum absolute atomic E-state index is 0.233. The summed E-state index contributed by atoms with van der Waals surface area (Å²) in [7, 11) is 0. The molecule has 0 aliphatic heterocycles. The average molecular weight is 445 g/mol. The van der Waals surface area contributed by atoms with Crippen molar-refractivity contribution >= 4 is 45.5 Å². The fourth-order valence-corrected chi connectivity index (χ4v) is 4.71. The van der Waals surface area contributed by atoms with Gasteiger partial charge < -0.3 is 9.15 Å². The van der Waals surface area contributed by atoms with Gasteiger partial charge in [-0.15, -0.1) is 21.5 Å². The van der Waals surface area contributed by atoms with E-state index in [0.29, 0.717) is 23.1 Å². The molecule has 4 rings (SSSR count). The fourth-order valence-electron chi connectivity index (χ4n) is 2.37. The Morgan fingerprint density at radius 2 is 2.10 bits per heavy atom. The van der Waals surface area contributed by atoms with Crippen molar-refractivity contribution in [2.24, 2.45) is 0 Å². The SMILES string of the molecule is CCSc1nnc(NC(=O)c2ccc(OCc3nc(-c4ccco4)cs3)cc2)s1. The van der Waals surface area contributed by atoms with E-state index in [1.807, 2.05) is 24.4 Å². The molecule has 0 bridgehead atoms. The van der Waals surface area contributed by atoms with Crippen LogP contribution in [0.5, 0.6) is 5.75 Å². The normalized spacial score (nSPS) is 10.8. The third-order valence-corrected chi connectivity index (χ3v) is 6.38. The Hall–Kier alpha value is -2.69. The molecule has 1 aromatic carbocycles. The smallest absolute Gasteiger partial charge is 0.257 e. The largest absolute Gasteiger partial charge is 0.486 e. The Bertz CT molecular complexity index is 1070. The van der Waals surface area contributed by atoms with Gasteiger partial charge >= 0.3 is 0 Å². The number of aromatic nitrogens is 3. The third kappa shape index (κ3) is 5.03. The zero-order valence-corrected chi connectivity index (χ0v) is 17.8. The van der Waals surface area contributed by atoms with Crippen LogP contribution in [0.4, 0.5) is 5.13 Å². The zero-order chi connectivity index (χ0) is 20.1. The highest BCUT2D eigenvalue weighted by Gasteiger charge is 2.11. The van der Waals surface area contributed by atoms with Crippen LogP contribution < -0.4 is 10.1 Å². The van der Waals surface area contributed by atoms with Crippen LogP contribution in [0, 0.1) is 0 Å². The molecule has 10 heteroatoms. The van der Waals surface area contributed by atoms with E-state index in [1.165, 1.54) is 22.7 Å².